The number of ether oxygens (including phenoxy) is 1. The van der Waals surface area contributed by atoms with Crippen LogP contribution in [0.4, 0.5) is 0 Å². The normalized spacial score (nSPS) is 10.9. The first-order chi connectivity index (χ1) is 5.27. The minimum absolute atomic E-state index is 0.204. The summed E-state index contributed by atoms with van der Waals surface area (Å²) in [6.07, 6.45) is -0.246. The molecule has 0 saturated heterocycles. The Bertz CT molecular complexity index is 78.1. The second-order valence-corrected chi connectivity index (χ2v) is 2.30. The van der Waals surface area contributed by atoms with Crippen molar-refractivity contribution in [2.24, 2.45) is 0 Å². The molecule has 0 aromatic carbocycles. The van der Waals surface area contributed by atoms with Gasteiger partial charge in [0, 0.05) is 19.7 Å². The highest BCUT2D eigenvalue weighted by atomic mass is 16.5. The highest BCUT2D eigenvalue weighted by Gasteiger charge is 1.94. The molecule has 0 bridgehead atoms. The van der Waals surface area contributed by atoms with Crippen LogP contribution in [0.5, 0.6) is 0 Å². The van der Waals surface area contributed by atoms with Gasteiger partial charge in [0.1, 0.15) is 0 Å². The van der Waals surface area contributed by atoms with Crippen LogP contribution in [0.3, 0.4) is 0 Å². The minimum atomic E-state index is -1.26. The van der Waals surface area contributed by atoms with Gasteiger partial charge in [-0.05, 0) is 6.42 Å². The molecule has 68 valence electrons. The third kappa shape index (κ3) is 9.84. The molecule has 0 fully saturated rings. The molecule has 0 atom stereocenters. The first-order valence-corrected chi connectivity index (χ1v) is 3.92. The average Bonchev–Trinajstić information content (AvgIpc) is 1.96. The predicted molar refractivity (Wildman–Crippen MR) is 42.2 cm³/mol. The van der Waals surface area contributed by atoms with E-state index in [1.807, 2.05) is 6.92 Å². The van der Waals surface area contributed by atoms with E-state index < -0.39 is 6.29 Å². The fourth-order valence-electron chi connectivity index (χ4n) is 0.622. The van der Waals surface area contributed by atoms with Gasteiger partial charge in [0.05, 0.1) is 6.61 Å². The molecule has 0 aliphatic carbocycles. The maximum Gasteiger partial charge on any atom is 0.164 e. The molecule has 0 aliphatic rings. The van der Waals surface area contributed by atoms with Crippen molar-refractivity contribution in [3.8, 4) is 0 Å². The summed E-state index contributed by atoms with van der Waals surface area (Å²) in [5.74, 6) is 0. The number of nitrogens with one attached hydrogen (secondary N) is 1. The van der Waals surface area contributed by atoms with Crippen LogP contribution in [0, 0.1) is 0 Å². The lowest BCUT2D eigenvalue weighted by Gasteiger charge is -2.05. The lowest BCUT2D eigenvalue weighted by molar-refractivity contribution is -0.0379. The zero-order valence-corrected chi connectivity index (χ0v) is 6.92. The topological polar surface area (TPSA) is 61.7 Å². The Kier molecular flexibility index (Phi) is 7.83. The fourth-order valence-corrected chi connectivity index (χ4v) is 0.622. The van der Waals surface area contributed by atoms with Crippen LogP contribution in [-0.4, -0.2) is 42.8 Å². The highest BCUT2D eigenvalue weighted by molar-refractivity contribution is 4.46. The van der Waals surface area contributed by atoms with Crippen LogP contribution < -0.4 is 5.32 Å². The second-order valence-electron chi connectivity index (χ2n) is 2.30. The first kappa shape index (κ1) is 10.8. The lowest BCUT2D eigenvalue weighted by Crippen LogP contribution is -2.29. The van der Waals surface area contributed by atoms with Crippen molar-refractivity contribution in [2.75, 3.05) is 26.3 Å². The maximum atomic E-state index is 8.41. The van der Waals surface area contributed by atoms with Crippen LogP contribution >= 0.6 is 0 Å². The Morgan fingerprint density at radius 2 is 2.09 bits per heavy atom. The molecule has 3 N–H and O–H groups in total. The largest absolute Gasteiger partial charge is 0.380 e. The molecule has 0 rings (SSSR count). The molecule has 0 aromatic heterocycles. The lowest BCUT2D eigenvalue weighted by atomic mass is 10.5. The minimum Gasteiger partial charge on any atom is -0.380 e. The van der Waals surface area contributed by atoms with Crippen LogP contribution in [0.2, 0.25) is 0 Å². The van der Waals surface area contributed by atoms with Crippen LogP contribution in [0.15, 0.2) is 0 Å². The predicted octanol–water partition coefficient (Wildman–Crippen LogP) is -0.687. The van der Waals surface area contributed by atoms with Crippen LogP contribution in [0.25, 0.3) is 0 Å². The number of aliphatic hydroxyl groups excluding tert-OH is 1. The highest BCUT2D eigenvalue weighted by Crippen LogP contribution is 1.78. The van der Waals surface area contributed by atoms with Crippen molar-refractivity contribution in [2.45, 2.75) is 19.6 Å². The monoisotopic (exact) mass is 163 g/mol. The standard InChI is InChI=1S/C7H17NO3/c1-2-4-11-5-3-8-6-7(9)10/h7-10H,2-6H2,1H3. The number of hydrogen-bond donors (Lipinski definition) is 3. The summed E-state index contributed by atoms with van der Waals surface area (Å²) in [5.41, 5.74) is 0. The van der Waals surface area contributed by atoms with Gasteiger partial charge in [0.2, 0.25) is 0 Å². The van der Waals surface area contributed by atoms with Gasteiger partial charge in [0.25, 0.3) is 0 Å². The van der Waals surface area contributed by atoms with E-state index in [4.69, 9.17) is 14.9 Å². The van der Waals surface area contributed by atoms with Gasteiger partial charge in [-0.1, -0.05) is 6.92 Å². The quantitative estimate of drug-likeness (QED) is 0.343. The number of rotatable bonds is 7. The van der Waals surface area contributed by atoms with E-state index in [1.54, 1.807) is 0 Å². The van der Waals surface area contributed by atoms with Crippen LogP contribution in [-0.2, 0) is 4.74 Å². The summed E-state index contributed by atoms with van der Waals surface area (Å²) in [6, 6.07) is 0. The smallest absolute Gasteiger partial charge is 0.164 e. The van der Waals surface area contributed by atoms with E-state index in [2.05, 4.69) is 5.32 Å². The van der Waals surface area contributed by atoms with Crippen LogP contribution in [0.1, 0.15) is 13.3 Å². The second kappa shape index (κ2) is 7.94. The Morgan fingerprint density at radius 3 is 2.64 bits per heavy atom. The van der Waals surface area contributed by atoms with Gasteiger partial charge >= 0.3 is 0 Å². The zero-order chi connectivity index (χ0) is 8.53. The zero-order valence-electron chi connectivity index (χ0n) is 6.92. The Labute approximate surface area is 67.2 Å². The van der Waals surface area contributed by atoms with Gasteiger partial charge in [-0.2, -0.15) is 0 Å². The molecule has 4 heteroatoms. The fraction of sp³-hybridized carbons (Fsp3) is 1.00. The first-order valence-electron chi connectivity index (χ1n) is 3.92. The van der Waals surface area contributed by atoms with Crippen molar-refractivity contribution >= 4 is 0 Å². The molecule has 0 radical (unpaired) electrons. The van der Waals surface area contributed by atoms with Gasteiger partial charge in [0.15, 0.2) is 6.29 Å². The Hall–Kier alpha value is -0.160. The third-order valence-corrected chi connectivity index (χ3v) is 1.10. The molecule has 0 heterocycles. The summed E-state index contributed by atoms with van der Waals surface area (Å²) < 4.78 is 5.14. The van der Waals surface area contributed by atoms with E-state index >= 15 is 0 Å². The van der Waals surface area contributed by atoms with E-state index in [0.29, 0.717) is 13.2 Å². The molecule has 0 aliphatic heterocycles. The van der Waals surface area contributed by atoms with E-state index in [-0.39, 0.29) is 6.54 Å². The summed E-state index contributed by atoms with van der Waals surface area (Å²) in [7, 11) is 0. The third-order valence-electron chi connectivity index (χ3n) is 1.10. The number of aliphatic hydroxyl groups is 2. The molecule has 0 saturated carbocycles. The van der Waals surface area contributed by atoms with Crippen molar-refractivity contribution < 1.29 is 14.9 Å². The molecule has 0 spiro atoms. The summed E-state index contributed by atoms with van der Waals surface area (Å²) in [5, 5.41) is 19.6. The van der Waals surface area contributed by atoms with Gasteiger partial charge in [-0.25, -0.2) is 0 Å². The van der Waals surface area contributed by atoms with Crippen molar-refractivity contribution in [1.82, 2.24) is 5.32 Å². The Balaban J connectivity index is 2.80. The summed E-state index contributed by atoms with van der Waals surface area (Å²) >= 11 is 0. The van der Waals surface area contributed by atoms with Gasteiger partial charge in [-0.15, -0.1) is 0 Å². The summed E-state index contributed by atoms with van der Waals surface area (Å²) in [4.78, 5) is 0. The summed E-state index contributed by atoms with van der Waals surface area (Å²) in [6.45, 7) is 4.31. The molecular weight excluding hydrogens is 146 g/mol. The molecule has 0 amide bonds. The van der Waals surface area contributed by atoms with E-state index in [0.717, 1.165) is 13.0 Å². The molecule has 0 unspecified atom stereocenters. The van der Waals surface area contributed by atoms with E-state index in [1.165, 1.54) is 0 Å². The van der Waals surface area contributed by atoms with Gasteiger partial charge in [-0.3, -0.25) is 0 Å². The molecule has 0 aromatic rings. The molecule has 11 heavy (non-hydrogen) atoms. The SMILES string of the molecule is CCCOCCNCC(O)O. The number of hydrogen-bond acceptors (Lipinski definition) is 4. The van der Waals surface area contributed by atoms with Crippen molar-refractivity contribution in [3.05, 3.63) is 0 Å². The Morgan fingerprint density at radius 1 is 1.36 bits per heavy atom. The molecular formula is C7H17NO3. The van der Waals surface area contributed by atoms with Crippen molar-refractivity contribution in [3.63, 3.8) is 0 Å². The average molecular weight is 163 g/mol. The molecule has 4 nitrogen and oxygen atoms in total. The maximum absolute atomic E-state index is 8.41. The van der Waals surface area contributed by atoms with Gasteiger partial charge < -0.3 is 20.3 Å². The van der Waals surface area contributed by atoms with Crippen molar-refractivity contribution in [1.29, 1.82) is 0 Å². The van der Waals surface area contributed by atoms with E-state index in [9.17, 15) is 0 Å².